The zero-order valence-corrected chi connectivity index (χ0v) is 14.6. The minimum Gasteiger partial charge on any atom is -0.360 e. The molecule has 1 aliphatic rings. The number of hydrogen-bond acceptors (Lipinski definition) is 2. The number of fused-ring (bicyclic) bond motifs is 1. The molecule has 0 saturated heterocycles. The standard InChI is InChI=1S/C20H14Cl2N2O/c21-14-8-10-16(11-9-14)24-19(13-4-3-5-15(22)12-13)23-18-7-2-1-6-17(18)20(24)25/h1-12,19,23H. The Labute approximate surface area is 155 Å². The SMILES string of the molecule is O=C1c2ccccc2NC(c2cccc(Cl)c2)N1c1ccc(Cl)cc1. The molecule has 1 amide bonds. The number of hydrogen-bond donors (Lipinski definition) is 1. The summed E-state index contributed by atoms with van der Waals surface area (Å²) in [7, 11) is 0. The minimum absolute atomic E-state index is 0.0679. The Morgan fingerprint density at radius 1 is 0.840 bits per heavy atom. The molecule has 3 nitrogen and oxygen atoms in total. The van der Waals surface area contributed by atoms with Gasteiger partial charge >= 0.3 is 0 Å². The molecule has 25 heavy (non-hydrogen) atoms. The summed E-state index contributed by atoms with van der Waals surface area (Å²) in [5, 5.41) is 4.70. The molecule has 0 fully saturated rings. The number of amides is 1. The van der Waals surface area contributed by atoms with Gasteiger partial charge in [-0.2, -0.15) is 0 Å². The Kier molecular flexibility index (Phi) is 4.12. The molecule has 1 unspecified atom stereocenters. The van der Waals surface area contributed by atoms with Crippen LogP contribution in [0.2, 0.25) is 10.0 Å². The molecule has 1 N–H and O–H groups in total. The number of halogens is 2. The summed E-state index contributed by atoms with van der Waals surface area (Å²) in [5.74, 6) is -0.0679. The summed E-state index contributed by atoms with van der Waals surface area (Å²) in [6, 6.07) is 22.2. The van der Waals surface area contributed by atoms with Crippen molar-refractivity contribution in [3.8, 4) is 0 Å². The average molecular weight is 369 g/mol. The van der Waals surface area contributed by atoms with Gasteiger partial charge in [0.1, 0.15) is 6.17 Å². The van der Waals surface area contributed by atoms with Gasteiger partial charge in [-0.1, -0.05) is 47.5 Å². The highest BCUT2D eigenvalue weighted by Gasteiger charge is 2.33. The zero-order valence-electron chi connectivity index (χ0n) is 13.1. The van der Waals surface area contributed by atoms with Crippen LogP contribution < -0.4 is 10.2 Å². The van der Waals surface area contributed by atoms with Crippen molar-refractivity contribution in [3.05, 3.63) is 94.0 Å². The van der Waals surface area contributed by atoms with Crippen LogP contribution in [0.15, 0.2) is 72.8 Å². The lowest BCUT2D eigenvalue weighted by Crippen LogP contribution is -2.43. The quantitative estimate of drug-likeness (QED) is 0.623. The van der Waals surface area contributed by atoms with E-state index in [0.29, 0.717) is 15.6 Å². The number of para-hydroxylation sites is 1. The molecule has 1 atom stereocenters. The van der Waals surface area contributed by atoms with Gasteiger partial charge in [0.25, 0.3) is 5.91 Å². The van der Waals surface area contributed by atoms with E-state index >= 15 is 0 Å². The Balaban J connectivity index is 1.87. The summed E-state index contributed by atoms with van der Waals surface area (Å²) >= 11 is 12.2. The third-order valence-electron chi connectivity index (χ3n) is 4.20. The lowest BCUT2D eigenvalue weighted by atomic mass is 10.0. The summed E-state index contributed by atoms with van der Waals surface area (Å²) in [5.41, 5.74) is 3.12. The molecule has 5 heteroatoms. The van der Waals surface area contributed by atoms with Crippen LogP contribution in [0.1, 0.15) is 22.1 Å². The molecule has 0 aliphatic carbocycles. The highest BCUT2D eigenvalue weighted by atomic mass is 35.5. The van der Waals surface area contributed by atoms with Crippen LogP contribution in [0.5, 0.6) is 0 Å². The normalized spacial score (nSPS) is 16.3. The fraction of sp³-hybridized carbons (Fsp3) is 0.0500. The summed E-state index contributed by atoms with van der Waals surface area (Å²) in [6.45, 7) is 0. The molecular weight excluding hydrogens is 355 g/mol. The van der Waals surface area contributed by atoms with Crippen molar-refractivity contribution in [2.45, 2.75) is 6.17 Å². The lowest BCUT2D eigenvalue weighted by Gasteiger charge is -2.38. The van der Waals surface area contributed by atoms with Gasteiger partial charge in [0.2, 0.25) is 0 Å². The van der Waals surface area contributed by atoms with Crippen molar-refractivity contribution < 1.29 is 4.79 Å². The van der Waals surface area contributed by atoms with Gasteiger partial charge in [0, 0.05) is 21.4 Å². The first-order valence-electron chi connectivity index (χ1n) is 7.83. The Morgan fingerprint density at radius 2 is 1.60 bits per heavy atom. The van der Waals surface area contributed by atoms with Crippen LogP contribution in [0.3, 0.4) is 0 Å². The largest absolute Gasteiger partial charge is 0.360 e. The van der Waals surface area contributed by atoms with Crippen molar-refractivity contribution >= 4 is 40.5 Å². The smallest absolute Gasteiger partial charge is 0.262 e. The van der Waals surface area contributed by atoms with Gasteiger partial charge in [0.05, 0.1) is 5.56 Å². The molecule has 0 radical (unpaired) electrons. The van der Waals surface area contributed by atoms with E-state index in [1.807, 2.05) is 60.7 Å². The van der Waals surface area contributed by atoms with E-state index in [4.69, 9.17) is 23.2 Å². The minimum atomic E-state index is -0.359. The summed E-state index contributed by atoms with van der Waals surface area (Å²) in [4.78, 5) is 14.9. The number of carbonyl (C=O) groups excluding carboxylic acids is 1. The predicted octanol–water partition coefficient (Wildman–Crippen LogP) is 5.76. The topological polar surface area (TPSA) is 32.3 Å². The van der Waals surface area contributed by atoms with Crippen LogP contribution in [-0.4, -0.2) is 5.91 Å². The fourth-order valence-corrected chi connectivity index (χ4v) is 3.36. The fourth-order valence-electron chi connectivity index (χ4n) is 3.03. The number of benzene rings is 3. The van der Waals surface area contributed by atoms with E-state index in [0.717, 1.165) is 16.9 Å². The number of carbonyl (C=O) groups is 1. The van der Waals surface area contributed by atoms with Gasteiger partial charge in [-0.3, -0.25) is 9.69 Å². The van der Waals surface area contributed by atoms with E-state index in [-0.39, 0.29) is 12.1 Å². The van der Waals surface area contributed by atoms with E-state index in [9.17, 15) is 4.79 Å². The van der Waals surface area contributed by atoms with Crippen LogP contribution >= 0.6 is 23.2 Å². The molecule has 3 aromatic carbocycles. The molecular formula is C20H14Cl2N2O. The molecule has 124 valence electrons. The summed E-state index contributed by atoms with van der Waals surface area (Å²) in [6.07, 6.45) is -0.359. The van der Waals surface area contributed by atoms with Crippen LogP contribution in [0.4, 0.5) is 11.4 Å². The van der Waals surface area contributed by atoms with Gasteiger partial charge in [0.15, 0.2) is 0 Å². The van der Waals surface area contributed by atoms with Gasteiger partial charge in [-0.15, -0.1) is 0 Å². The molecule has 1 heterocycles. The van der Waals surface area contributed by atoms with Gasteiger partial charge < -0.3 is 5.32 Å². The van der Waals surface area contributed by atoms with E-state index in [1.165, 1.54) is 0 Å². The van der Waals surface area contributed by atoms with Crippen molar-refractivity contribution in [3.63, 3.8) is 0 Å². The first-order chi connectivity index (χ1) is 12.1. The number of rotatable bonds is 2. The molecule has 0 saturated carbocycles. The molecule has 4 rings (SSSR count). The Hall–Kier alpha value is -2.49. The number of nitrogens with zero attached hydrogens (tertiary/aromatic N) is 1. The van der Waals surface area contributed by atoms with Crippen molar-refractivity contribution in [1.82, 2.24) is 0 Å². The first kappa shape index (κ1) is 16.0. The second kappa shape index (κ2) is 6.43. The lowest BCUT2D eigenvalue weighted by molar-refractivity contribution is 0.0975. The molecule has 0 spiro atoms. The maximum Gasteiger partial charge on any atom is 0.262 e. The molecule has 3 aromatic rings. The van der Waals surface area contributed by atoms with Crippen LogP contribution in [0.25, 0.3) is 0 Å². The van der Waals surface area contributed by atoms with Crippen molar-refractivity contribution in [2.75, 3.05) is 10.2 Å². The Bertz CT molecular complexity index is 940. The highest BCUT2D eigenvalue weighted by Crippen LogP contribution is 2.37. The maximum atomic E-state index is 13.2. The number of anilines is 2. The summed E-state index contributed by atoms with van der Waals surface area (Å²) < 4.78 is 0. The second-order valence-electron chi connectivity index (χ2n) is 5.80. The van der Waals surface area contributed by atoms with Crippen molar-refractivity contribution in [1.29, 1.82) is 0 Å². The van der Waals surface area contributed by atoms with E-state index in [1.54, 1.807) is 17.0 Å². The average Bonchev–Trinajstić information content (AvgIpc) is 2.63. The first-order valence-corrected chi connectivity index (χ1v) is 8.59. The monoisotopic (exact) mass is 368 g/mol. The van der Waals surface area contributed by atoms with Gasteiger partial charge in [-0.05, 0) is 54.1 Å². The maximum absolute atomic E-state index is 13.2. The third kappa shape index (κ3) is 2.97. The Morgan fingerprint density at radius 3 is 2.36 bits per heavy atom. The number of nitrogens with one attached hydrogen (secondary N) is 1. The van der Waals surface area contributed by atoms with E-state index < -0.39 is 0 Å². The predicted molar refractivity (Wildman–Crippen MR) is 103 cm³/mol. The second-order valence-corrected chi connectivity index (χ2v) is 6.67. The highest BCUT2D eigenvalue weighted by molar-refractivity contribution is 6.31. The third-order valence-corrected chi connectivity index (χ3v) is 4.68. The van der Waals surface area contributed by atoms with Crippen molar-refractivity contribution in [2.24, 2.45) is 0 Å². The zero-order chi connectivity index (χ0) is 17.4. The van der Waals surface area contributed by atoms with Crippen LogP contribution in [-0.2, 0) is 0 Å². The molecule has 0 aromatic heterocycles. The van der Waals surface area contributed by atoms with Crippen LogP contribution in [0, 0.1) is 0 Å². The van der Waals surface area contributed by atoms with Gasteiger partial charge in [-0.25, -0.2) is 0 Å². The van der Waals surface area contributed by atoms with E-state index in [2.05, 4.69) is 5.32 Å². The molecule has 1 aliphatic heterocycles. The molecule has 0 bridgehead atoms.